The third kappa shape index (κ3) is 2.86. The number of likely N-dealkylation sites (tertiary alicyclic amines) is 1. The number of carbonyl (C=O) groups is 2. The number of hydrogen-bond acceptors (Lipinski definition) is 3. The van der Waals surface area contributed by atoms with Gasteiger partial charge in [-0.05, 0) is 6.42 Å². The molecule has 1 saturated heterocycles. The van der Waals surface area contributed by atoms with E-state index in [1.54, 1.807) is 23.0 Å². The average Bonchev–Trinajstić information content (AvgIpc) is 2.98. The van der Waals surface area contributed by atoms with E-state index in [2.05, 4.69) is 4.98 Å². The van der Waals surface area contributed by atoms with Crippen LogP contribution in [0.25, 0.3) is 0 Å². The molecule has 0 saturated carbocycles. The SMILES string of the molecule is CN(Cc1nccn1C)C(=O)N1CCC(C(=O)O)C1. The van der Waals surface area contributed by atoms with Crippen molar-refractivity contribution in [2.45, 2.75) is 13.0 Å². The van der Waals surface area contributed by atoms with Crippen LogP contribution in [0.5, 0.6) is 0 Å². The molecule has 1 fully saturated rings. The maximum atomic E-state index is 12.2. The predicted molar refractivity (Wildman–Crippen MR) is 67.4 cm³/mol. The number of aryl methyl sites for hydroxylation is 1. The Kier molecular flexibility index (Phi) is 3.73. The van der Waals surface area contributed by atoms with Crippen LogP contribution in [0.3, 0.4) is 0 Å². The lowest BCUT2D eigenvalue weighted by molar-refractivity contribution is -0.141. The van der Waals surface area contributed by atoms with E-state index in [9.17, 15) is 9.59 Å². The molecule has 1 aromatic rings. The number of hydrogen-bond donors (Lipinski definition) is 1. The van der Waals surface area contributed by atoms with Gasteiger partial charge >= 0.3 is 12.0 Å². The van der Waals surface area contributed by atoms with Crippen molar-refractivity contribution in [2.75, 3.05) is 20.1 Å². The molecule has 2 heterocycles. The van der Waals surface area contributed by atoms with Crippen LogP contribution < -0.4 is 0 Å². The Bertz CT molecular complexity index is 485. The number of amides is 2. The highest BCUT2D eigenvalue weighted by molar-refractivity contribution is 5.77. The van der Waals surface area contributed by atoms with Gasteiger partial charge in [0.25, 0.3) is 0 Å². The number of carboxylic acid groups (broad SMARTS) is 1. The highest BCUT2D eigenvalue weighted by Gasteiger charge is 2.32. The number of carboxylic acids is 1. The molecule has 19 heavy (non-hydrogen) atoms. The van der Waals surface area contributed by atoms with Gasteiger partial charge in [0.2, 0.25) is 0 Å². The molecular weight excluding hydrogens is 248 g/mol. The average molecular weight is 266 g/mol. The summed E-state index contributed by atoms with van der Waals surface area (Å²) < 4.78 is 1.85. The molecule has 7 heteroatoms. The van der Waals surface area contributed by atoms with Crippen LogP contribution in [0.1, 0.15) is 12.2 Å². The minimum atomic E-state index is -0.831. The molecule has 0 aliphatic carbocycles. The Morgan fingerprint density at radius 3 is 2.84 bits per heavy atom. The number of aromatic nitrogens is 2. The highest BCUT2D eigenvalue weighted by atomic mass is 16.4. The van der Waals surface area contributed by atoms with Gasteiger partial charge in [0.05, 0.1) is 12.5 Å². The van der Waals surface area contributed by atoms with E-state index in [1.807, 2.05) is 17.8 Å². The monoisotopic (exact) mass is 266 g/mol. The quantitative estimate of drug-likeness (QED) is 0.857. The summed E-state index contributed by atoms with van der Waals surface area (Å²) in [5.41, 5.74) is 0. The molecular formula is C12H18N4O3. The van der Waals surface area contributed by atoms with E-state index < -0.39 is 11.9 Å². The highest BCUT2D eigenvalue weighted by Crippen LogP contribution is 2.18. The van der Waals surface area contributed by atoms with Gasteiger partial charge < -0.3 is 19.5 Å². The molecule has 104 valence electrons. The smallest absolute Gasteiger partial charge is 0.320 e. The molecule has 0 bridgehead atoms. The zero-order chi connectivity index (χ0) is 14.0. The minimum absolute atomic E-state index is 0.147. The third-order valence-corrected chi connectivity index (χ3v) is 3.43. The summed E-state index contributed by atoms with van der Waals surface area (Å²) >= 11 is 0. The van der Waals surface area contributed by atoms with Gasteiger partial charge in [0.1, 0.15) is 5.82 Å². The molecule has 0 aromatic carbocycles. The van der Waals surface area contributed by atoms with Gasteiger partial charge in [-0.3, -0.25) is 4.79 Å². The molecule has 1 atom stereocenters. The van der Waals surface area contributed by atoms with E-state index in [0.29, 0.717) is 26.1 Å². The second kappa shape index (κ2) is 5.29. The summed E-state index contributed by atoms with van der Waals surface area (Å²) in [6.45, 7) is 1.20. The van der Waals surface area contributed by atoms with Crippen LogP contribution in [0.15, 0.2) is 12.4 Å². The fourth-order valence-corrected chi connectivity index (χ4v) is 2.21. The molecule has 1 aliphatic rings. The van der Waals surface area contributed by atoms with E-state index >= 15 is 0 Å². The summed E-state index contributed by atoms with van der Waals surface area (Å²) in [6, 6.07) is -0.147. The molecule has 1 N–H and O–H groups in total. The van der Waals surface area contributed by atoms with Crippen LogP contribution in [0.2, 0.25) is 0 Å². The van der Waals surface area contributed by atoms with Crippen molar-refractivity contribution >= 4 is 12.0 Å². The maximum Gasteiger partial charge on any atom is 0.320 e. The van der Waals surface area contributed by atoms with Crippen molar-refractivity contribution in [3.05, 3.63) is 18.2 Å². The van der Waals surface area contributed by atoms with E-state index in [-0.39, 0.29) is 6.03 Å². The van der Waals surface area contributed by atoms with Crippen LogP contribution in [-0.2, 0) is 18.4 Å². The number of carbonyl (C=O) groups excluding carboxylic acids is 1. The molecule has 1 unspecified atom stereocenters. The van der Waals surface area contributed by atoms with Crippen molar-refractivity contribution in [3.8, 4) is 0 Å². The molecule has 0 radical (unpaired) electrons. The Morgan fingerprint density at radius 2 is 2.32 bits per heavy atom. The zero-order valence-corrected chi connectivity index (χ0v) is 11.1. The van der Waals surface area contributed by atoms with Gasteiger partial charge in [-0.1, -0.05) is 0 Å². The van der Waals surface area contributed by atoms with E-state index in [1.165, 1.54) is 0 Å². The van der Waals surface area contributed by atoms with Crippen LogP contribution >= 0.6 is 0 Å². The largest absolute Gasteiger partial charge is 0.481 e. The Hall–Kier alpha value is -2.05. The van der Waals surface area contributed by atoms with Gasteiger partial charge in [-0.15, -0.1) is 0 Å². The van der Waals surface area contributed by atoms with Crippen molar-refractivity contribution in [2.24, 2.45) is 13.0 Å². The molecule has 1 aliphatic heterocycles. The van der Waals surface area contributed by atoms with Crippen molar-refractivity contribution < 1.29 is 14.7 Å². The molecule has 0 spiro atoms. The third-order valence-electron chi connectivity index (χ3n) is 3.43. The first-order chi connectivity index (χ1) is 8.99. The number of urea groups is 1. The standard InChI is InChI=1S/C12H18N4O3/c1-14-6-4-13-10(14)8-15(2)12(19)16-5-3-9(7-16)11(17)18/h4,6,9H,3,5,7-8H2,1-2H3,(H,17,18). The first kappa shape index (κ1) is 13.4. The van der Waals surface area contributed by atoms with Gasteiger partial charge in [0, 0.05) is 39.6 Å². The number of imidazole rings is 1. The predicted octanol–water partition coefficient (Wildman–Crippen LogP) is 0.378. The summed E-state index contributed by atoms with van der Waals surface area (Å²) in [5, 5.41) is 8.93. The molecule has 2 amide bonds. The van der Waals surface area contributed by atoms with E-state index in [4.69, 9.17) is 5.11 Å². The minimum Gasteiger partial charge on any atom is -0.481 e. The maximum absolute atomic E-state index is 12.2. The number of rotatable bonds is 3. The van der Waals surface area contributed by atoms with Crippen LogP contribution in [0, 0.1) is 5.92 Å². The fraction of sp³-hybridized carbons (Fsp3) is 0.583. The van der Waals surface area contributed by atoms with E-state index in [0.717, 1.165) is 5.82 Å². The van der Waals surface area contributed by atoms with Crippen molar-refractivity contribution in [1.82, 2.24) is 19.4 Å². The van der Waals surface area contributed by atoms with Gasteiger partial charge in [0.15, 0.2) is 0 Å². The van der Waals surface area contributed by atoms with Gasteiger partial charge in [-0.25, -0.2) is 9.78 Å². The van der Waals surface area contributed by atoms with Gasteiger partial charge in [-0.2, -0.15) is 0 Å². The lowest BCUT2D eigenvalue weighted by atomic mass is 10.1. The second-order valence-corrected chi connectivity index (χ2v) is 4.86. The van der Waals surface area contributed by atoms with Crippen molar-refractivity contribution in [1.29, 1.82) is 0 Å². The van der Waals surface area contributed by atoms with Crippen LogP contribution in [0.4, 0.5) is 4.79 Å². The lowest BCUT2D eigenvalue weighted by Gasteiger charge is -2.24. The van der Waals surface area contributed by atoms with Crippen LogP contribution in [-0.4, -0.2) is 56.6 Å². The lowest BCUT2D eigenvalue weighted by Crippen LogP contribution is -2.40. The zero-order valence-electron chi connectivity index (χ0n) is 11.1. The molecule has 1 aromatic heterocycles. The normalized spacial score (nSPS) is 18.6. The Labute approximate surface area is 111 Å². The summed E-state index contributed by atoms with van der Waals surface area (Å²) in [6.07, 6.45) is 4.03. The summed E-state index contributed by atoms with van der Waals surface area (Å²) in [7, 11) is 3.57. The first-order valence-electron chi connectivity index (χ1n) is 6.18. The Balaban J connectivity index is 1.93. The first-order valence-corrected chi connectivity index (χ1v) is 6.18. The second-order valence-electron chi connectivity index (χ2n) is 4.86. The van der Waals surface area contributed by atoms with Crippen molar-refractivity contribution in [3.63, 3.8) is 0 Å². The summed E-state index contributed by atoms with van der Waals surface area (Å²) in [4.78, 5) is 30.4. The number of aliphatic carboxylic acids is 1. The summed E-state index contributed by atoms with van der Waals surface area (Å²) in [5.74, 6) is -0.475. The fourth-order valence-electron chi connectivity index (χ4n) is 2.21. The topological polar surface area (TPSA) is 78.7 Å². The number of nitrogens with zero attached hydrogens (tertiary/aromatic N) is 4. The molecule has 7 nitrogen and oxygen atoms in total. The molecule has 2 rings (SSSR count). The Morgan fingerprint density at radius 1 is 1.58 bits per heavy atom.